The van der Waals surface area contributed by atoms with Crippen molar-refractivity contribution in [3.63, 3.8) is 0 Å². The van der Waals surface area contributed by atoms with E-state index in [0.717, 1.165) is 25.1 Å². The molecule has 0 bridgehead atoms. The standard InChI is InChI=1S/C15H22N2O2/c1-11(18)16-8-9-17-15-5-3-4-12-6-7-13(19-2)10-14(12)15/h6-7,10,15,17H,3-5,8-9H2,1-2H3,(H,16,18). The molecule has 1 unspecified atom stereocenters. The van der Waals surface area contributed by atoms with Crippen molar-refractivity contribution < 1.29 is 9.53 Å². The minimum atomic E-state index is 0.0208. The van der Waals surface area contributed by atoms with E-state index in [1.54, 1.807) is 14.0 Å². The monoisotopic (exact) mass is 262 g/mol. The van der Waals surface area contributed by atoms with Gasteiger partial charge in [-0.05, 0) is 42.5 Å². The Morgan fingerprint density at radius 2 is 2.26 bits per heavy atom. The molecule has 0 heterocycles. The highest BCUT2D eigenvalue weighted by Gasteiger charge is 2.20. The third-order valence-corrected chi connectivity index (χ3v) is 3.56. The second-order valence-corrected chi connectivity index (χ2v) is 4.95. The first-order valence-corrected chi connectivity index (χ1v) is 6.85. The summed E-state index contributed by atoms with van der Waals surface area (Å²) in [4.78, 5) is 10.8. The number of rotatable bonds is 5. The number of amides is 1. The Hall–Kier alpha value is -1.55. The van der Waals surface area contributed by atoms with E-state index in [1.165, 1.54) is 17.5 Å². The number of benzene rings is 1. The molecule has 1 aliphatic rings. The van der Waals surface area contributed by atoms with Crippen LogP contribution < -0.4 is 15.4 Å². The van der Waals surface area contributed by atoms with Crippen LogP contribution in [0.15, 0.2) is 18.2 Å². The van der Waals surface area contributed by atoms with Gasteiger partial charge in [-0.25, -0.2) is 0 Å². The van der Waals surface area contributed by atoms with Crippen LogP contribution in [0.1, 0.15) is 36.9 Å². The van der Waals surface area contributed by atoms with Crippen molar-refractivity contribution in [1.82, 2.24) is 10.6 Å². The average Bonchev–Trinajstić information content (AvgIpc) is 2.43. The molecular weight excluding hydrogens is 240 g/mol. The molecular formula is C15H22N2O2. The number of carbonyl (C=O) groups excluding carboxylic acids is 1. The lowest BCUT2D eigenvalue weighted by atomic mass is 9.87. The lowest BCUT2D eigenvalue weighted by molar-refractivity contribution is -0.118. The highest BCUT2D eigenvalue weighted by molar-refractivity contribution is 5.72. The highest BCUT2D eigenvalue weighted by atomic mass is 16.5. The number of hydrogen-bond acceptors (Lipinski definition) is 3. The highest BCUT2D eigenvalue weighted by Crippen LogP contribution is 2.32. The number of aryl methyl sites for hydroxylation is 1. The summed E-state index contributed by atoms with van der Waals surface area (Å²) < 4.78 is 5.30. The molecule has 1 amide bonds. The van der Waals surface area contributed by atoms with Crippen LogP contribution in [0.2, 0.25) is 0 Å². The van der Waals surface area contributed by atoms with Gasteiger partial charge < -0.3 is 15.4 Å². The molecule has 1 aromatic rings. The lowest BCUT2D eigenvalue weighted by Crippen LogP contribution is -2.33. The Morgan fingerprint density at radius 3 is 3.00 bits per heavy atom. The predicted molar refractivity (Wildman–Crippen MR) is 75.4 cm³/mol. The molecule has 104 valence electrons. The summed E-state index contributed by atoms with van der Waals surface area (Å²) in [5.74, 6) is 0.932. The number of nitrogens with one attached hydrogen (secondary N) is 2. The molecule has 2 N–H and O–H groups in total. The fraction of sp³-hybridized carbons (Fsp3) is 0.533. The summed E-state index contributed by atoms with van der Waals surface area (Å²) in [7, 11) is 1.70. The molecule has 0 saturated heterocycles. The van der Waals surface area contributed by atoms with Gasteiger partial charge in [0.1, 0.15) is 5.75 Å². The molecule has 0 spiro atoms. The maximum Gasteiger partial charge on any atom is 0.216 e. The smallest absolute Gasteiger partial charge is 0.216 e. The number of carbonyl (C=O) groups is 1. The van der Waals surface area contributed by atoms with Crippen molar-refractivity contribution in [3.05, 3.63) is 29.3 Å². The average molecular weight is 262 g/mol. The Morgan fingerprint density at radius 1 is 1.42 bits per heavy atom. The van der Waals surface area contributed by atoms with Gasteiger partial charge in [-0.1, -0.05) is 6.07 Å². The predicted octanol–water partition coefficient (Wildman–Crippen LogP) is 1.80. The number of ether oxygens (including phenoxy) is 1. The van der Waals surface area contributed by atoms with Crippen molar-refractivity contribution in [3.8, 4) is 5.75 Å². The molecule has 1 atom stereocenters. The Bertz CT molecular complexity index is 446. The van der Waals surface area contributed by atoms with Crippen molar-refractivity contribution in [2.24, 2.45) is 0 Å². The summed E-state index contributed by atoms with van der Waals surface area (Å²) in [6.45, 7) is 3.01. The maximum absolute atomic E-state index is 10.8. The van der Waals surface area contributed by atoms with Crippen LogP contribution in [0.5, 0.6) is 5.75 Å². The Kier molecular flexibility index (Phi) is 4.80. The topological polar surface area (TPSA) is 50.4 Å². The molecule has 0 aliphatic heterocycles. The maximum atomic E-state index is 10.8. The van der Waals surface area contributed by atoms with Gasteiger partial charge >= 0.3 is 0 Å². The van der Waals surface area contributed by atoms with Crippen LogP contribution in [0, 0.1) is 0 Å². The van der Waals surface area contributed by atoms with E-state index >= 15 is 0 Å². The molecule has 1 aromatic carbocycles. The zero-order chi connectivity index (χ0) is 13.7. The number of methoxy groups -OCH3 is 1. The van der Waals surface area contributed by atoms with Gasteiger partial charge in [0.25, 0.3) is 0 Å². The van der Waals surface area contributed by atoms with Crippen LogP contribution in [0.4, 0.5) is 0 Å². The van der Waals surface area contributed by atoms with Crippen LogP contribution >= 0.6 is 0 Å². The van der Waals surface area contributed by atoms with Gasteiger partial charge in [0.15, 0.2) is 0 Å². The first-order valence-electron chi connectivity index (χ1n) is 6.85. The molecule has 4 nitrogen and oxygen atoms in total. The fourth-order valence-electron chi connectivity index (χ4n) is 2.60. The van der Waals surface area contributed by atoms with Gasteiger partial charge in [-0.15, -0.1) is 0 Å². The first kappa shape index (κ1) is 13.9. The first-order chi connectivity index (χ1) is 9.20. The van der Waals surface area contributed by atoms with Gasteiger partial charge in [0.05, 0.1) is 7.11 Å². The van der Waals surface area contributed by atoms with Crippen molar-refractivity contribution in [2.45, 2.75) is 32.2 Å². The molecule has 0 radical (unpaired) electrons. The van der Waals surface area contributed by atoms with Crippen molar-refractivity contribution >= 4 is 5.91 Å². The molecule has 2 rings (SSSR count). The van der Waals surface area contributed by atoms with Gasteiger partial charge in [0.2, 0.25) is 5.91 Å². The van der Waals surface area contributed by atoms with Crippen LogP contribution in [-0.4, -0.2) is 26.1 Å². The SMILES string of the molecule is COc1ccc2c(c1)C(NCCNC(C)=O)CCC2. The third-order valence-electron chi connectivity index (χ3n) is 3.56. The summed E-state index contributed by atoms with van der Waals surface area (Å²) >= 11 is 0. The normalized spacial score (nSPS) is 17.7. The van der Waals surface area contributed by atoms with E-state index in [1.807, 2.05) is 6.07 Å². The van der Waals surface area contributed by atoms with E-state index in [4.69, 9.17) is 4.74 Å². The minimum Gasteiger partial charge on any atom is -0.497 e. The zero-order valence-electron chi connectivity index (χ0n) is 11.7. The molecule has 0 saturated carbocycles. The summed E-state index contributed by atoms with van der Waals surface area (Å²) in [6.07, 6.45) is 3.49. The second-order valence-electron chi connectivity index (χ2n) is 4.95. The van der Waals surface area contributed by atoms with Crippen molar-refractivity contribution in [1.29, 1.82) is 0 Å². The third kappa shape index (κ3) is 3.70. The second kappa shape index (κ2) is 6.57. The largest absolute Gasteiger partial charge is 0.497 e. The fourth-order valence-corrected chi connectivity index (χ4v) is 2.60. The number of hydrogen-bond donors (Lipinski definition) is 2. The zero-order valence-corrected chi connectivity index (χ0v) is 11.7. The minimum absolute atomic E-state index is 0.0208. The van der Waals surface area contributed by atoms with Crippen LogP contribution in [0.3, 0.4) is 0 Å². The van der Waals surface area contributed by atoms with Gasteiger partial charge in [-0.2, -0.15) is 0 Å². The summed E-state index contributed by atoms with van der Waals surface area (Å²) in [5.41, 5.74) is 2.75. The van der Waals surface area contributed by atoms with Crippen molar-refractivity contribution in [2.75, 3.05) is 20.2 Å². The van der Waals surface area contributed by atoms with Crippen LogP contribution in [0.25, 0.3) is 0 Å². The molecule has 4 heteroatoms. The van der Waals surface area contributed by atoms with E-state index in [0.29, 0.717) is 12.6 Å². The summed E-state index contributed by atoms with van der Waals surface area (Å²) in [5, 5.41) is 6.32. The number of fused-ring (bicyclic) bond motifs is 1. The van der Waals surface area contributed by atoms with E-state index < -0.39 is 0 Å². The Balaban J connectivity index is 1.98. The molecule has 0 aromatic heterocycles. The molecule has 1 aliphatic carbocycles. The van der Waals surface area contributed by atoms with E-state index in [-0.39, 0.29) is 5.91 Å². The van der Waals surface area contributed by atoms with E-state index in [2.05, 4.69) is 22.8 Å². The quantitative estimate of drug-likeness (QED) is 0.796. The van der Waals surface area contributed by atoms with Gasteiger partial charge in [0, 0.05) is 26.1 Å². The van der Waals surface area contributed by atoms with Crippen LogP contribution in [-0.2, 0) is 11.2 Å². The van der Waals surface area contributed by atoms with E-state index in [9.17, 15) is 4.79 Å². The summed E-state index contributed by atoms with van der Waals surface area (Å²) in [6, 6.07) is 6.69. The molecule has 19 heavy (non-hydrogen) atoms. The lowest BCUT2D eigenvalue weighted by Gasteiger charge is -2.27. The molecule has 0 fully saturated rings. The Labute approximate surface area is 114 Å². The van der Waals surface area contributed by atoms with Gasteiger partial charge in [-0.3, -0.25) is 4.79 Å².